The van der Waals surface area contributed by atoms with Crippen LogP contribution >= 0.6 is 11.3 Å². The van der Waals surface area contributed by atoms with Crippen LogP contribution in [0.3, 0.4) is 0 Å². The normalized spacial score (nSPS) is 14.1. The SMILES string of the molecule is CN(C)c1cc(C(F)(F)F)nc(NCC(=O)N2CCc3sccc3C2)n1. The minimum atomic E-state index is -4.59. The van der Waals surface area contributed by atoms with E-state index in [0.29, 0.717) is 13.1 Å². The van der Waals surface area contributed by atoms with Crippen LogP contribution in [0.1, 0.15) is 16.1 Å². The molecule has 10 heteroatoms. The maximum atomic E-state index is 13.0. The summed E-state index contributed by atoms with van der Waals surface area (Å²) in [7, 11) is 3.17. The van der Waals surface area contributed by atoms with Crippen molar-refractivity contribution in [2.75, 3.05) is 37.4 Å². The largest absolute Gasteiger partial charge is 0.433 e. The number of carbonyl (C=O) groups is 1. The van der Waals surface area contributed by atoms with E-state index in [9.17, 15) is 18.0 Å². The van der Waals surface area contributed by atoms with Gasteiger partial charge in [-0.2, -0.15) is 18.2 Å². The Bertz CT molecular complexity index is 805. The van der Waals surface area contributed by atoms with E-state index in [2.05, 4.69) is 15.3 Å². The van der Waals surface area contributed by atoms with Gasteiger partial charge >= 0.3 is 6.18 Å². The van der Waals surface area contributed by atoms with Crippen LogP contribution in [0.15, 0.2) is 17.5 Å². The van der Waals surface area contributed by atoms with E-state index >= 15 is 0 Å². The molecule has 0 aromatic carbocycles. The molecule has 1 aliphatic heterocycles. The first kappa shape index (κ1) is 18.4. The molecule has 1 N–H and O–H groups in total. The molecule has 0 aliphatic carbocycles. The van der Waals surface area contributed by atoms with Crippen molar-refractivity contribution in [2.24, 2.45) is 0 Å². The summed E-state index contributed by atoms with van der Waals surface area (Å²) in [6.45, 7) is 0.958. The van der Waals surface area contributed by atoms with Crippen molar-refractivity contribution in [3.8, 4) is 0 Å². The molecule has 0 saturated carbocycles. The number of aromatic nitrogens is 2. The van der Waals surface area contributed by atoms with Crippen LogP contribution < -0.4 is 10.2 Å². The van der Waals surface area contributed by atoms with Crippen LogP contribution in [-0.4, -0.2) is 48.0 Å². The van der Waals surface area contributed by atoms with Gasteiger partial charge in [-0.15, -0.1) is 11.3 Å². The predicted octanol–water partition coefficient (Wildman–Crippen LogP) is 2.62. The fourth-order valence-electron chi connectivity index (χ4n) is 2.62. The molecule has 1 amide bonds. The van der Waals surface area contributed by atoms with Gasteiger partial charge in [-0.05, 0) is 23.4 Å². The molecule has 3 heterocycles. The van der Waals surface area contributed by atoms with Crippen molar-refractivity contribution in [1.82, 2.24) is 14.9 Å². The number of carbonyl (C=O) groups excluding carboxylic acids is 1. The smallest absolute Gasteiger partial charge is 0.363 e. The maximum absolute atomic E-state index is 13.0. The molecule has 6 nitrogen and oxygen atoms in total. The zero-order valence-corrected chi connectivity index (χ0v) is 15.1. The number of alkyl halides is 3. The van der Waals surface area contributed by atoms with Crippen LogP contribution in [0.25, 0.3) is 0 Å². The minimum absolute atomic E-state index is 0.114. The highest BCUT2D eigenvalue weighted by atomic mass is 32.1. The highest BCUT2D eigenvalue weighted by molar-refractivity contribution is 7.10. The van der Waals surface area contributed by atoms with Crippen LogP contribution in [0, 0.1) is 0 Å². The number of halogens is 3. The third-order valence-corrected chi connectivity index (χ3v) is 5.04. The van der Waals surface area contributed by atoms with Gasteiger partial charge in [0.2, 0.25) is 11.9 Å². The second-order valence-electron chi connectivity index (χ2n) is 6.12. The monoisotopic (exact) mass is 385 g/mol. The molecule has 0 bridgehead atoms. The van der Waals surface area contributed by atoms with Crippen molar-refractivity contribution in [1.29, 1.82) is 0 Å². The van der Waals surface area contributed by atoms with E-state index in [-0.39, 0.29) is 24.2 Å². The second kappa shape index (κ2) is 7.10. The van der Waals surface area contributed by atoms with Crippen molar-refractivity contribution in [3.63, 3.8) is 0 Å². The summed E-state index contributed by atoms with van der Waals surface area (Å²) in [6, 6.07) is 2.86. The van der Waals surface area contributed by atoms with Crippen molar-refractivity contribution in [2.45, 2.75) is 19.1 Å². The average Bonchev–Trinajstić information content (AvgIpc) is 3.06. The number of fused-ring (bicyclic) bond motifs is 1. The molecular formula is C16H18F3N5OS. The molecule has 2 aromatic heterocycles. The lowest BCUT2D eigenvalue weighted by molar-refractivity contribution is -0.141. The van der Waals surface area contributed by atoms with E-state index in [0.717, 1.165) is 18.1 Å². The first-order valence-corrected chi connectivity index (χ1v) is 8.82. The zero-order chi connectivity index (χ0) is 18.9. The number of anilines is 2. The Kier molecular flexibility index (Phi) is 5.03. The Hall–Kier alpha value is -2.36. The fourth-order valence-corrected chi connectivity index (χ4v) is 3.51. The standard InChI is InChI=1S/C16H18F3N5OS/c1-23(2)13-7-12(16(17,18)19)21-15(22-13)20-8-14(25)24-5-3-11-10(9-24)4-6-26-11/h4,6-7H,3,5,8-9H2,1-2H3,(H,20,21,22). The van der Waals surface area contributed by atoms with E-state index in [1.807, 2.05) is 11.4 Å². The number of nitrogens with zero attached hydrogens (tertiary/aromatic N) is 4. The van der Waals surface area contributed by atoms with Gasteiger partial charge in [-0.1, -0.05) is 0 Å². The van der Waals surface area contributed by atoms with E-state index in [1.54, 1.807) is 30.3 Å². The number of nitrogens with one attached hydrogen (secondary N) is 1. The summed E-state index contributed by atoms with van der Waals surface area (Å²) in [5.74, 6) is -0.303. The lowest BCUT2D eigenvalue weighted by atomic mass is 10.1. The Morgan fingerprint density at radius 1 is 1.38 bits per heavy atom. The van der Waals surface area contributed by atoms with Crippen LogP contribution in [-0.2, 0) is 23.9 Å². The summed E-state index contributed by atoms with van der Waals surface area (Å²) in [4.78, 5) is 24.3. The summed E-state index contributed by atoms with van der Waals surface area (Å²) in [6.07, 6.45) is -3.79. The van der Waals surface area contributed by atoms with E-state index < -0.39 is 11.9 Å². The third kappa shape index (κ3) is 4.06. The van der Waals surface area contributed by atoms with Gasteiger partial charge in [0, 0.05) is 38.1 Å². The highest BCUT2D eigenvalue weighted by Gasteiger charge is 2.34. The number of thiophene rings is 1. The van der Waals surface area contributed by atoms with Gasteiger partial charge < -0.3 is 15.1 Å². The van der Waals surface area contributed by atoms with E-state index in [4.69, 9.17) is 0 Å². The lowest BCUT2D eigenvalue weighted by Gasteiger charge is -2.27. The summed E-state index contributed by atoms with van der Waals surface area (Å²) < 4.78 is 39.0. The number of hydrogen-bond donors (Lipinski definition) is 1. The molecule has 1 aliphatic rings. The molecule has 0 unspecified atom stereocenters. The summed E-state index contributed by atoms with van der Waals surface area (Å²) >= 11 is 1.67. The van der Waals surface area contributed by atoms with E-state index in [1.165, 1.54) is 9.78 Å². The molecule has 0 fully saturated rings. The third-order valence-electron chi connectivity index (χ3n) is 4.02. The van der Waals surface area contributed by atoms with Crippen molar-refractivity contribution < 1.29 is 18.0 Å². The molecular weight excluding hydrogens is 367 g/mol. The second-order valence-corrected chi connectivity index (χ2v) is 7.12. The topological polar surface area (TPSA) is 61.4 Å². The van der Waals surface area contributed by atoms with Gasteiger partial charge in [0.15, 0.2) is 5.69 Å². The zero-order valence-electron chi connectivity index (χ0n) is 14.3. The predicted molar refractivity (Wildman–Crippen MR) is 93.3 cm³/mol. The first-order chi connectivity index (χ1) is 12.2. The van der Waals surface area contributed by atoms with Crippen LogP contribution in [0.4, 0.5) is 24.9 Å². The van der Waals surface area contributed by atoms with Gasteiger partial charge in [-0.3, -0.25) is 4.79 Å². The highest BCUT2D eigenvalue weighted by Crippen LogP contribution is 2.30. The van der Waals surface area contributed by atoms with Crippen molar-refractivity contribution >= 4 is 29.0 Å². The molecule has 26 heavy (non-hydrogen) atoms. The Morgan fingerprint density at radius 3 is 2.85 bits per heavy atom. The van der Waals surface area contributed by atoms with Gasteiger partial charge in [0.05, 0.1) is 6.54 Å². The molecule has 0 atom stereocenters. The molecule has 140 valence electrons. The molecule has 0 spiro atoms. The number of hydrogen-bond acceptors (Lipinski definition) is 6. The van der Waals surface area contributed by atoms with Crippen LogP contribution in [0.5, 0.6) is 0 Å². The number of rotatable bonds is 4. The summed E-state index contributed by atoms with van der Waals surface area (Å²) in [5, 5.41) is 4.63. The Morgan fingerprint density at radius 2 is 2.15 bits per heavy atom. The first-order valence-electron chi connectivity index (χ1n) is 7.94. The van der Waals surface area contributed by atoms with Gasteiger partial charge in [-0.25, -0.2) is 4.98 Å². The van der Waals surface area contributed by atoms with Gasteiger partial charge in [0.25, 0.3) is 0 Å². The van der Waals surface area contributed by atoms with Crippen LogP contribution in [0.2, 0.25) is 0 Å². The Balaban J connectivity index is 1.69. The lowest BCUT2D eigenvalue weighted by Crippen LogP contribution is -2.39. The van der Waals surface area contributed by atoms with Crippen molar-refractivity contribution in [3.05, 3.63) is 33.6 Å². The maximum Gasteiger partial charge on any atom is 0.433 e. The molecule has 0 saturated heterocycles. The minimum Gasteiger partial charge on any atom is -0.363 e. The molecule has 2 aromatic rings. The number of amides is 1. The van der Waals surface area contributed by atoms with Gasteiger partial charge in [0.1, 0.15) is 5.82 Å². The Labute approximate surface area is 152 Å². The summed E-state index contributed by atoms with van der Waals surface area (Å²) in [5.41, 5.74) is 0.0758. The quantitative estimate of drug-likeness (QED) is 0.877. The molecule has 0 radical (unpaired) electrons. The fraction of sp³-hybridized carbons (Fsp3) is 0.438. The average molecular weight is 385 g/mol. The molecule has 3 rings (SSSR count).